The fourth-order valence-electron chi connectivity index (χ4n) is 8.27. The number of nitrogens with one attached hydrogen (secondary N) is 1. The molecule has 3 aliphatic heterocycles. The van der Waals surface area contributed by atoms with Crippen molar-refractivity contribution in [2.24, 2.45) is 5.16 Å². The number of ether oxygens (including phenoxy) is 3. The smallest absolute Gasteiger partial charge is 0.343 e. The van der Waals surface area contributed by atoms with Gasteiger partial charge >= 0.3 is 11.9 Å². The molecule has 2 amide bonds. The number of aromatic nitrogens is 1. The van der Waals surface area contributed by atoms with Gasteiger partial charge in [0, 0.05) is 43.4 Å². The topological polar surface area (TPSA) is 155 Å². The highest BCUT2D eigenvalue weighted by atomic mass is 19.1. The fraction of sp³-hybridized carbons (Fsp3) is 0.522. The summed E-state index contributed by atoms with van der Waals surface area (Å²) in [5.41, 5.74) is -2.21. The van der Waals surface area contributed by atoms with E-state index in [0.717, 1.165) is 25.3 Å². The first-order valence-corrected chi connectivity index (χ1v) is 21.5. The number of carbonyl (C=O) groups is 4. The van der Waals surface area contributed by atoms with Crippen LogP contribution >= 0.6 is 0 Å². The normalized spacial score (nSPS) is 19.1. The van der Waals surface area contributed by atoms with E-state index in [1.54, 1.807) is 17.0 Å². The SMILES string of the molecule is CCCCCCCCCCCCCC(=O)OCc1ccc(C(=O)Oc2c3n(cc(C(=O)NCc4ccc(F)cc4F)c2=O)[C@@H]2CN(C3=O)[C@@H](C)CC[C@]23CC(OC)=NO3)cc1. The third-order valence-electron chi connectivity index (χ3n) is 12.0. The molecular formula is C46H56F2N4O9. The van der Waals surface area contributed by atoms with Gasteiger partial charge in [0.25, 0.3) is 11.8 Å². The van der Waals surface area contributed by atoms with Crippen molar-refractivity contribution in [1.29, 1.82) is 0 Å². The number of esters is 2. The van der Waals surface area contributed by atoms with Crippen molar-refractivity contribution in [1.82, 2.24) is 14.8 Å². The van der Waals surface area contributed by atoms with Gasteiger partial charge < -0.3 is 33.8 Å². The Bertz CT molecular complexity index is 2160. The van der Waals surface area contributed by atoms with Crippen LogP contribution in [0.25, 0.3) is 0 Å². The van der Waals surface area contributed by atoms with Crippen molar-refractivity contribution in [3.05, 3.63) is 98.5 Å². The summed E-state index contributed by atoms with van der Waals surface area (Å²) in [4.78, 5) is 76.1. The van der Waals surface area contributed by atoms with E-state index in [1.165, 1.54) is 87.4 Å². The maximum absolute atomic E-state index is 14.5. The van der Waals surface area contributed by atoms with Gasteiger partial charge in [0.15, 0.2) is 11.3 Å². The number of fused-ring (bicyclic) bond motifs is 5. The number of carbonyl (C=O) groups excluding carboxylic acids is 4. The summed E-state index contributed by atoms with van der Waals surface area (Å²) in [6.45, 7) is 3.83. The summed E-state index contributed by atoms with van der Waals surface area (Å²) in [6, 6.07) is 7.96. The average molecular weight is 847 g/mol. The minimum Gasteiger partial charge on any atom is -0.482 e. The number of nitrogens with zero attached hydrogens (tertiary/aromatic N) is 3. The summed E-state index contributed by atoms with van der Waals surface area (Å²) in [7, 11) is 1.46. The maximum atomic E-state index is 14.5. The lowest BCUT2D eigenvalue weighted by molar-refractivity contribution is -0.145. The molecule has 0 saturated carbocycles. The van der Waals surface area contributed by atoms with Crippen molar-refractivity contribution in [3.63, 3.8) is 0 Å². The first-order valence-electron chi connectivity index (χ1n) is 21.5. The maximum Gasteiger partial charge on any atom is 0.343 e. The molecule has 3 aromatic rings. The van der Waals surface area contributed by atoms with Gasteiger partial charge in [0.1, 0.15) is 23.8 Å². The van der Waals surface area contributed by atoms with Gasteiger partial charge in [-0.05, 0) is 49.9 Å². The first-order chi connectivity index (χ1) is 29.4. The molecule has 1 N–H and O–H groups in total. The minimum absolute atomic E-state index is 0.00224. The number of benzene rings is 2. The summed E-state index contributed by atoms with van der Waals surface area (Å²) < 4.78 is 46.1. The number of halogens is 2. The van der Waals surface area contributed by atoms with E-state index < -0.39 is 64.3 Å². The van der Waals surface area contributed by atoms with E-state index in [-0.39, 0.29) is 48.4 Å². The number of oxime groups is 1. The molecule has 1 aromatic heterocycles. The van der Waals surface area contributed by atoms with Crippen molar-refractivity contribution in [3.8, 4) is 5.75 Å². The van der Waals surface area contributed by atoms with Gasteiger partial charge in [-0.25, -0.2) is 13.6 Å². The van der Waals surface area contributed by atoms with E-state index in [4.69, 9.17) is 19.0 Å². The second-order valence-corrected chi connectivity index (χ2v) is 16.3. The predicted molar refractivity (Wildman–Crippen MR) is 222 cm³/mol. The Morgan fingerprint density at radius 1 is 0.951 bits per heavy atom. The molecule has 1 saturated heterocycles. The zero-order chi connectivity index (χ0) is 43.5. The first kappa shape index (κ1) is 44.9. The van der Waals surface area contributed by atoms with Gasteiger partial charge in [-0.1, -0.05) is 94.5 Å². The number of hydrogen-bond acceptors (Lipinski definition) is 10. The summed E-state index contributed by atoms with van der Waals surface area (Å²) in [6.07, 6.45) is 15.7. The van der Waals surface area contributed by atoms with Gasteiger partial charge in [-0.3, -0.25) is 19.2 Å². The van der Waals surface area contributed by atoms with Crippen LogP contribution < -0.4 is 15.5 Å². The average Bonchev–Trinajstić information content (AvgIpc) is 3.63. The molecule has 0 aliphatic carbocycles. The standard InChI is InChI=1S/C46H56F2N4O9/c1-4-5-6-7-8-9-10-11-12-13-14-15-39(53)59-29-31-16-18-32(19-17-31)45(57)60-42-40-44(56)51-28-37(46(23-22-30(51)2)25-38(58-3)50-61-46)52(40)27-35(41(42)54)43(55)49-26-33-20-21-34(47)24-36(33)48/h16-21,24,27,30,37H,4-15,22-23,25-26,28-29H2,1-3H3,(H,49,55)/t30-,37+,46-/m0/s1. The largest absolute Gasteiger partial charge is 0.482 e. The number of hydrogen-bond donors (Lipinski definition) is 1. The molecule has 0 unspecified atom stereocenters. The van der Waals surface area contributed by atoms with E-state index in [2.05, 4.69) is 17.4 Å². The lowest BCUT2D eigenvalue weighted by atomic mass is 9.85. The Hall–Kier alpha value is -5.60. The number of pyridine rings is 1. The molecule has 1 spiro atoms. The predicted octanol–water partition coefficient (Wildman–Crippen LogP) is 8.32. The molecule has 13 nitrogen and oxygen atoms in total. The molecule has 61 heavy (non-hydrogen) atoms. The molecule has 328 valence electrons. The second kappa shape index (κ2) is 20.8. The third kappa shape index (κ3) is 10.8. The van der Waals surface area contributed by atoms with Crippen LogP contribution in [0.3, 0.4) is 0 Å². The molecule has 4 heterocycles. The third-order valence-corrected chi connectivity index (χ3v) is 12.0. The number of rotatable bonds is 19. The molecule has 6 rings (SSSR count). The zero-order valence-corrected chi connectivity index (χ0v) is 35.3. The van der Waals surface area contributed by atoms with Crippen molar-refractivity contribution >= 4 is 29.7 Å². The Labute approximate surface area is 354 Å². The van der Waals surface area contributed by atoms with Gasteiger partial charge in [0.05, 0.1) is 25.1 Å². The highest BCUT2D eigenvalue weighted by Gasteiger charge is 2.55. The fourth-order valence-corrected chi connectivity index (χ4v) is 8.27. The van der Waals surface area contributed by atoms with E-state index in [1.807, 2.05) is 6.92 Å². The molecule has 2 aromatic carbocycles. The summed E-state index contributed by atoms with van der Waals surface area (Å²) in [5.74, 6) is -4.85. The number of amides is 2. The van der Waals surface area contributed by atoms with Gasteiger partial charge in [-0.2, -0.15) is 0 Å². The van der Waals surface area contributed by atoms with Crippen molar-refractivity contribution in [2.45, 2.75) is 141 Å². The van der Waals surface area contributed by atoms with Crippen LogP contribution in [-0.4, -0.2) is 64.4 Å². The lowest BCUT2D eigenvalue weighted by Gasteiger charge is -2.41. The molecule has 3 aliphatic rings. The Kier molecular flexibility index (Phi) is 15.3. The van der Waals surface area contributed by atoms with Crippen LogP contribution in [-0.2, 0) is 32.3 Å². The molecule has 1 fully saturated rings. The van der Waals surface area contributed by atoms with Crippen LogP contribution in [0.5, 0.6) is 5.75 Å². The van der Waals surface area contributed by atoms with Crippen molar-refractivity contribution < 1.29 is 47.0 Å². The summed E-state index contributed by atoms with van der Waals surface area (Å²) >= 11 is 0. The minimum atomic E-state index is -1.05. The zero-order valence-electron chi connectivity index (χ0n) is 35.3. The van der Waals surface area contributed by atoms with Crippen LogP contribution in [0.1, 0.15) is 159 Å². The van der Waals surface area contributed by atoms with Gasteiger partial charge in [-0.15, -0.1) is 0 Å². The Morgan fingerprint density at radius 3 is 2.30 bits per heavy atom. The lowest BCUT2D eigenvalue weighted by Crippen LogP contribution is -2.52. The van der Waals surface area contributed by atoms with Gasteiger partial charge in [0.2, 0.25) is 17.1 Å². The number of unbranched alkanes of at least 4 members (excludes halogenated alkanes) is 10. The van der Waals surface area contributed by atoms with Crippen molar-refractivity contribution in [2.75, 3.05) is 13.7 Å². The molecule has 15 heteroatoms. The van der Waals surface area contributed by atoms with Crippen LogP contribution in [0.4, 0.5) is 8.78 Å². The second-order valence-electron chi connectivity index (χ2n) is 16.3. The molecular weight excluding hydrogens is 791 g/mol. The molecule has 0 radical (unpaired) electrons. The highest BCUT2D eigenvalue weighted by molar-refractivity contribution is 6.01. The number of methoxy groups -OCH3 is 1. The monoisotopic (exact) mass is 846 g/mol. The Balaban J connectivity index is 1.16. The van der Waals surface area contributed by atoms with E-state index in [9.17, 15) is 32.8 Å². The highest BCUT2D eigenvalue weighted by Crippen LogP contribution is 2.46. The van der Waals surface area contributed by atoms with E-state index >= 15 is 0 Å². The quantitative estimate of drug-likeness (QED) is 0.0927. The van der Waals surface area contributed by atoms with Crippen LogP contribution in [0.15, 0.2) is 58.6 Å². The summed E-state index contributed by atoms with van der Waals surface area (Å²) in [5, 5.41) is 6.62. The molecule has 2 bridgehead atoms. The Morgan fingerprint density at radius 2 is 1.64 bits per heavy atom. The van der Waals surface area contributed by atoms with Crippen LogP contribution in [0.2, 0.25) is 0 Å². The van der Waals surface area contributed by atoms with E-state index in [0.29, 0.717) is 36.8 Å². The van der Waals surface area contributed by atoms with Crippen LogP contribution in [0, 0.1) is 11.6 Å². The molecule has 3 atom stereocenters.